The minimum absolute atomic E-state index is 0. The number of carbonyl (C=O) groups excluding carboxylic acids is 8. The van der Waals surface area contributed by atoms with Crippen LogP contribution in [0.15, 0.2) is 30.3 Å². The van der Waals surface area contributed by atoms with Crippen LogP contribution in [0.5, 0.6) is 0 Å². The molecule has 0 fully saturated rings. The average Bonchev–Trinajstić information content (AvgIpc) is 2.78. The van der Waals surface area contributed by atoms with Gasteiger partial charge < -0.3 is 95.1 Å². The predicted molar refractivity (Wildman–Crippen MR) is 155 cm³/mol. The van der Waals surface area contributed by atoms with Crippen molar-refractivity contribution in [2.45, 2.75) is 83.1 Å². The van der Waals surface area contributed by atoms with E-state index >= 15 is 0 Å². The van der Waals surface area contributed by atoms with Crippen LogP contribution in [-0.4, -0.2) is 67.4 Å². The Balaban J connectivity index is -0.0000000249. The van der Waals surface area contributed by atoms with Crippen LogP contribution in [0.1, 0.15) is 81.7 Å². The van der Waals surface area contributed by atoms with Gasteiger partial charge in [0.2, 0.25) is 0 Å². The van der Waals surface area contributed by atoms with Gasteiger partial charge in [-0.05, 0) is 83.1 Å². The normalized spacial score (nSPS) is 6.53. The first kappa shape index (κ1) is 91.5. The van der Waals surface area contributed by atoms with Crippen LogP contribution in [0.4, 0.5) is 0 Å². The number of aryl methyl sites for hydroxylation is 1. The fourth-order valence-electron chi connectivity index (χ4n) is 1.28. The molecule has 51 heavy (non-hydrogen) atoms. The number of hydrogen-bond donors (Lipinski definition) is 1. The molecule has 1 aromatic carbocycles. The van der Waals surface area contributed by atoms with E-state index < -0.39 is 47.8 Å². The SMILES string of the molecule is CC(=O)[O-].CC(=O)[O-].CC(=O)[O-].CC(=O)[O-].CC(=O)[O-].CC(=O)[O-].CC(=O)[O-].CC(=O)[O-].CC[NH+](CC)CC.Cc1ccccc1.[Fe+3].[Fe+3].[Fe+3].[O-2].[OH3+]. The van der Waals surface area contributed by atoms with E-state index in [2.05, 4.69) is 39.8 Å². The van der Waals surface area contributed by atoms with E-state index in [1.807, 2.05) is 18.2 Å². The Hall–Kier alpha value is -3.58. The molecule has 0 aliphatic rings. The summed E-state index contributed by atoms with van der Waals surface area (Å²) in [5, 5.41) is 71.1. The molecule has 19 nitrogen and oxygen atoms in total. The quantitative estimate of drug-likeness (QED) is 0.218. The zero-order valence-corrected chi connectivity index (χ0v) is 33.9. The van der Waals surface area contributed by atoms with E-state index in [0.29, 0.717) is 0 Å². The average molecular weight is 869 g/mol. The Morgan fingerprint density at radius 2 is 0.549 bits per heavy atom. The Bertz CT molecular complexity index is 722. The molecule has 0 heterocycles. The molecule has 1 rings (SSSR count). The predicted octanol–water partition coefficient (Wildman–Crippen LogP) is -9.07. The van der Waals surface area contributed by atoms with Crippen LogP contribution in [0.3, 0.4) is 0 Å². The van der Waals surface area contributed by atoms with Gasteiger partial charge in [-0.2, -0.15) is 0 Å². The minimum Gasteiger partial charge on any atom is -2.00 e. The number of nitrogens with one attached hydrogen (secondary N) is 1. The monoisotopic (exact) mass is 869 g/mol. The van der Waals surface area contributed by atoms with Crippen molar-refractivity contribution >= 4 is 47.8 Å². The first-order valence-electron chi connectivity index (χ1n) is 12.9. The molecule has 0 amide bonds. The first-order chi connectivity index (χ1) is 20.6. The summed E-state index contributed by atoms with van der Waals surface area (Å²) in [6, 6.07) is 10.3. The maximum Gasteiger partial charge on any atom is 3.00 e. The number of benzene rings is 1. The molecule has 0 unspecified atom stereocenters. The first-order valence-corrected chi connectivity index (χ1v) is 12.9. The third kappa shape index (κ3) is 844. The molecule has 0 aliphatic carbocycles. The molecular weight excluding hydrogens is 818 g/mol. The van der Waals surface area contributed by atoms with Gasteiger partial charge in [-0.15, -0.1) is 0 Å². The van der Waals surface area contributed by atoms with Crippen LogP contribution in [-0.2, 0) is 101 Å². The Kier molecular flexibility index (Phi) is 145. The fourth-order valence-corrected chi connectivity index (χ4v) is 1.28. The van der Waals surface area contributed by atoms with Crippen LogP contribution in [0.25, 0.3) is 0 Å². The molecule has 0 bridgehead atoms. The zero-order chi connectivity index (χ0) is 39.4. The summed E-state index contributed by atoms with van der Waals surface area (Å²) in [5.74, 6) is -8.67. The summed E-state index contributed by atoms with van der Waals surface area (Å²) in [5.41, 5.74) is 1.32. The summed E-state index contributed by atoms with van der Waals surface area (Å²) in [6.45, 7) is 20.3. The molecule has 1 aromatic rings. The number of rotatable bonds is 3. The third-order valence-corrected chi connectivity index (χ3v) is 2.44. The number of carboxylic acids is 8. The smallest absolute Gasteiger partial charge is 2.00 e. The molecular formula is C29H51Fe3NO18+. The number of hydrogen-bond acceptors (Lipinski definition) is 16. The Labute approximate surface area is 331 Å². The second-order valence-electron chi connectivity index (χ2n) is 7.40. The van der Waals surface area contributed by atoms with Crippen LogP contribution < -0.4 is 45.8 Å². The van der Waals surface area contributed by atoms with Crippen molar-refractivity contribution in [3.05, 3.63) is 35.9 Å². The van der Waals surface area contributed by atoms with Crippen LogP contribution >= 0.6 is 0 Å². The number of aliphatic carboxylic acids is 8. The molecule has 22 heteroatoms. The maximum absolute atomic E-state index is 8.89. The summed E-state index contributed by atoms with van der Waals surface area (Å²) in [4.78, 5) is 72.8. The Morgan fingerprint density at radius 3 is 0.588 bits per heavy atom. The molecule has 3 radical (unpaired) electrons. The van der Waals surface area contributed by atoms with E-state index in [4.69, 9.17) is 79.2 Å². The molecule has 4 N–H and O–H groups in total. The van der Waals surface area contributed by atoms with E-state index in [9.17, 15) is 0 Å². The second kappa shape index (κ2) is 80.8. The van der Waals surface area contributed by atoms with Gasteiger partial charge in [0.1, 0.15) is 0 Å². The van der Waals surface area contributed by atoms with Crippen molar-refractivity contribution in [2.24, 2.45) is 0 Å². The zero-order valence-electron chi connectivity index (χ0n) is 30.6. The summed E-state index contributed by atoms with van der Waals surface area (Å²) >= 11 is 0. The number of carboxylic acid groups (broad SMARTS) is 8. The standard InChI is InChI=1S/C7H8.C6H15N.8C2H4O2.3Fe.H2O.O/c1-7-5-3-2-4-6-7;1-4-7(5-2)6-3;8*1-2(3)4;;;;;/h2-6H,1H3;4-6H2,1-3H3;8*1H3,(H,3,4);;;;1H2;/q;;;;;;;;;;3*+3;;-2/p-6. The van der Waals surface area contributed by atoms with Gasteiger partial charge in [-0.25, -0.2) is 0 Å². The molecule has 0 atom stereocenters. The maximum atomic E-state index is 8.89. The second-order valence-corrected chi connectivity index (χ2v) is 7.40. The number of quaternary nitrogens is 1. The fraction of sp³-hybridized carbons (Fsp3) is 0.517. The van der Waals surface area contributed by atoms with E-state index in [0.717, 1.165) is 55.4 Å². The van der Waals surface area contributed by atoms with Gasteiger partial charge in [0, 0.05) is 47.8 Å². The van der Waals surface area contributed by atoms with E-state index in [-0.39, 0.29) is 62.2 Å². The summed E-state index contributed by atoms with van der Waals surface area (Å²) in [7, 11) is 0. The van der Waals surface area contributed by atoms with Gasteiger partial charge in [-0.1, -0.05) is 35.9 Å². The molecule has 0 saturated carbocycles. The van der Waals surface area contributed by atoms with Crippen LogP contribution in [0, 0.1) is 6.92 Å². The van der Waals surface area contributed by atoms with Gasteiger partial charge in [0.25, 0.3) is 0 Å². The Morgan fingerprint density at radius 1 is 0.431 bits per heavy atom. The van der Waals surface area contributed by atoms with Crippen molar-refractivity contribution in [1.82, 2.24) is 0 Å². The van der Waals surface area contributed by atoms with Gasteiger partial charge in [0.05, 0.1) is 19.6 Å². The molecule has 0 aliphatic heterocycles. The van der Waals surface area contributed by atoms with Gasteiger partial charge >= 0.3 is 51.2 Å². The largest absolute Gasteiger partial charge is 3.00 e. The van der Waals surface area contributed by atoms with Crippen molar-refractivity contribution in [1.29, 1.82) is 0 Å². The van der Waals surface area contributed by atoms with Crippen molar-refractivity contribution in [3.63, 3.8) is 0 Å². The van der Waals surface area contributed by atoms with E-state index in [1.165, 1.54) is 25.2 Å². The summed E-state index contributed by atoms with van der Waals surface area (Å²) < 4.78 is 0. The van der Waals surface area contributed by atoms with Crippen molar-refractivity contribution < 1.29 is 146 Å². The molecule has 0 spiro atoms. The molecule has 0 aromatic heterocycles. The number of carbonyl (C=O) groups is 8. The van der Waals surface area contributed by atoms with Gasteiger partial charge in [0.15, 0.2) is 0 Å². The summed E-state index contributed by atoms with van der Waals surface area (Å²) in [6.07, 6.45) is 0. The van der Waals surface area contributed by atoms with Crippen molar-refractivity contribution in [2.75, 3.05) is 19.6 Å². The third-order valence-electron chi connectivity index (χ3n) is 2.44. The van der Waals surface area contributed by atoms with Gasteiger partial charge in [-0.3, -0.25) is 0 Å². The topological polar surface area (TPSA) is 387 Å². The molecule has 303 valence electrons. The van der Waals surface area contributed by atoms with Crippen LogP contribution in [0.2, 0.25) is 0 Å². The van der Waals surface area contributed by atoms with Crippen molar-refractivity contribution in [3.8, 4) is 0 Å². The minimum atomic E-state index is -1.08. The molecule has 0 saturated heterocycles. The van der Waals surface area contributed by atoms with E-state index in [1.54, 1.807) is 4.90 Å².